The minimum absolute atomic E-state index is 0.910. The Morgan fingerprint density at radius 1 is 1.10 bits per heavy atom. The Kier molecular flexibility index (Phi) is 6.29. The zero-order valence-corrected chi connectivity index (χ0v) is 7.76. The molecule has 1 nitrogen and oxygen atoms in total. The van der Waals surface area contributed by atoms with Crippen molar-refractivity contribution in [3.8, 4) is 5.75 Å². The summed E-state index contributed by atoms with van der Waals surface area (Å²) in [5.74, 6) is 2.72. The van der Waals surface area contributed by atoms with E-state index in [9.17, 15) is 0 Å². The number of methoxy groups -OCH3 is 1. The number of benzene rings is 1. The average Bonchev–Trinajstić information content (AvgIpc) is 2.10. The molecule has 10 heavy (non-hydrogen) atoms. The van der Waals surface area contributed by atoms with E-state index in [0.29, 0.717) is 0 Å². The molecule has 0 unspecified atom stereocenters. The van der Waals surface area contributed by atoms with E-state index < -0.39 is 0 Å². The Morgan fingerprint density at radius 3 is 1.90 bits per heavy atom. The highest BCUT2D eigenvalue weighted by molar-refractivity contribution is 9.08. The molecule has 0 N–H and O–H groups in total. The lowest BCUT2D eigenvalue weighted by atomic mass is 10.3. The largest absolute Gasteiger partial charge is 0.497 e. The number of para-hydroxylation sites is 1. The van der Waals surface area contributed by atoms with Crippen molar-refractivity contribution < 1.29 is 4.74 Å². The molecule has 0 fully saturated rings. The molecule has 0 aliphatic heterocycles. The molecule has 0 spiro atoms. The summed E-state index contributed by atoms with van der Waals surface area (Å²) in [4.78, 5) is 0. The summed E-state index contributed by atoms with van der Waals surface area (Å²) < 4.78 is 4.91. The van der Waals surface area contributed by atoms with Crippen LogP contribution in [0, 0.1) is 0 Å². The quantitative estimate of drug-likeness (QED) is 0.637. The fourth-order valence-electron chi connectivity index (χ4n) is 0.557. The van der Waals surface area contributed by atoms with Gasteiger partial charge in [-0.2, -0.15) is 0 Å². The summed E-state index contributed by atoms with van der Waals surface area (Å²) in [7, 11) is 1.66. The van der Waals surface area contributed by atoms with E-state index in [1.165, 1.54) is 0 Å². The first-order valence-corrected chi connectivity index (χ1v) is 4.49. The summed E-state index contributed by atoms with van der Waals surface area (Å²) in [6.07, 6.45) is 0. The SMILES string of the molecule is CBr.COc1ccccc1. The average molecular weight is 203 g/mol. The van der Waals surface area contributed by atoms with E-state index in [-0.39, 0.29) is 0 Å². The van der Waals surface area contributed by atoms with E-state index in [1.54, 1.807) is 7.11 Å². The fourth-order valence-corrected chi connectivity index (χ4v) is 0.557. The summed E-state index contributed by atoms with van der Waals surface area (Å²) in [6.45, 7) is 0. The molecule has 0 saturated heterocycles. The third kappa shape index (κ3) is 3.51. The maximum Gasteiger partial charge on any atom is 0.118 e. The number of hydrogen-bond donors (Lipinski definition) is 0. The summed E-state index contributed by atoms with van der Waals surface area (Å²) in [6, 6.07) is 9.68. The van der Waals surface area contributed by atoms with E-state index in [0.717, 1.165) is 5.75 Å². The van der Waals surface area contributed by atoms with Crippen LogP contribution in [-0.2, 0) is 0 Å². The molecular weight excluding hydrogens is 192 g/mol. The molecule has 0 radical (unpaired) electrons. The number of alkyl halides is 1. The van der Waals surface area contributed by atoms with Gasteiger partial charge in [0.05, 0.1) is 7.11 Å². The molecular formula is C8H11BrO. The van der Waals surface area contributed by atoms with Gasteiger partial charge in [-0.25, -0.2) is 0 Å². The Hall–Kier alpha value is -0.500. The molecule has 1 aromatic carbocycles. The molecule has 0 aliphatic rings. The van der Waals surface area contributed by atoms with Gasteiger partial charge in [0.25, 0.3) is 0 Å². The highest BCUT2D eigenvalue weighted by Gasteiger charge is 1.80. The van der Waals surface area contributed by atoms with Gasteiger partial charge in [0.2, 0.25) is 0 Å². The maximum atomic E-state index is 4.91. The smallest absolute Gasteiger partial charge is 0.118 e. The van der Waals surface area contributed by atoms with Crippen LogP contribution in [0.25, 0.3) is 0 Å². The monoisotopic (exact) mass is 202 g/mol. The topological polar surface area (TPSA) is 9.23 Å². The van der Waals surface area contributed by atoms with Gasteiger partial charge in [0.15, 0.2) is 0 Å². The third-order valence-electron chi connectivity index (χ3n) is 0.979. The molecule has 0 aromatic heterocycles. The zero-order valence-electron chi connectivity index (χ0n) is 6.17. The number of rotatable bonds is 1. The van der Waals surface area contributed by atoms with Crippen LogP contribution < -0.4 is 4.74 Å². The molecule has 0 atom stereocenters. The predicted molar refractivity (Wildman–Crippen MR) is 47.8 cm³/mol. The molecule has 0 heterocycles. The van der Waals surface area contributed by atoms with Gasteiger partial charge in [0.1, 0.15) is 5.75 Å². The highest BCUT2D eigenvalue weighted by atomic mass is 79.9. The van der Waals surface area contributed by atoms with Crippen molar-refractivity contribution in [3.05, 3.63) is 30.3 Å². The van der Waals surface area contributed by atoms with Gasteiger partial charge in [-0.05, 0) is 18.0 Å². The number of halogens is 1. The normalized spacial score (nSPS) is 7.50. The van der Waals surface area contributed by atoms with Gasteiger partial charge in [-0.1, -0.05) is 34.1 Å². The van der Waals surface area contributed by atoms with Crippen LogP contribution in [0.5, 0.6) is 5.75 Å². The van der Waals surface area contributed by atoms with Crippen molar-refractivity contribution in [1.82, 2.24) is 0 Å². The maximum absolute atomic E-state index is 4.91. The first-order chi connectivity index (χ1) is 4.93. The molecule has 0 saturated carbocycles. The second kappa shape index (κ2) is 6.62. The van der Waals surface area contributed by atoms with Crippen molar-refractivity contribution in [2.45, 2.75) is 0 Å². The summed E-state index contributed by atoms with van der Waals surface area (Å²) >= 11 is 2.94. The predicted octanol–water partition coefficient (Wildman–Crippen LogP) is 2.71. The van der Waals surface area contributed by atoms with Gasteiger partial charge >= 0.3 is 0 Å². The number of hydrogen-bond acceptors (Lipinski definition) is 1. The van der Waals surface area contributed by atoms with Gasteiger partial charge in [-0.15, -0.1) is 0 Å². The Balaban J connectivity index is 0.000000371. The van der Waals surface area contributed by atoms with Crippen molar-refractivity contribution in [1.29, 1.82) is 0 Å². The first kappa shape index (κ1) is 9.50. The third-order valence-corrected chi connectivity index (χ3v) is 0.979. The van der Waals surface area contributed by atoms with Crippen molar-refractivity contribution >= 4 is 15.9 Å². The van der Waals surface area contributed by atoms with Crippen LogP contribution in [0.3, 0.4) is 0 Å². The van der Waals surface area contributed by atoms with E-state index in [1.807, 2.05) is 36.2 Å². The minimum atomic E-state index is 0.910. The lowest BCUT2D eigenvalue weighted by Gasteiger charge is -1.93. The lowest BCUT2D eigenvalue weighted by molar-refractivity contribution is 0.415. The molecule has 56 valence electrons. The van der Waals surface area contributed by atoms with E-state index >= 15 is 0 Å². The van der Waals surface area contributed by atoms with Crippen LogP contribution in [0.2, 0.25) is 0 Å². The minimum Gasteiger partial charge on any atom is -0.497 e. The van der Waals surface area contributed by atoms with Gasteiger partial charge in [0, 0.05) is 0 Å². The van der Waals surface area contributed by atoms with Crippen LogP contribution in [0.1, 0.15) is 0 Å². The number of ether oxygens (including phenoxy) is 1. The second-order valence-electron chi connectivity index (χ2n) is 1.52. The van der Waals surface area contributed by atoms with Crippen LogP contribution >= 0.6 is 15.9 Å². The summed E-state index contributed by atoms with van der Waals surface area (Å²) in [5.41, 5.74) is 0. The molecule has 0 aliphatic carbocycles. The zero-order chi connectivity index (χ0) is 7.82. The standard InChI is InChI=1S/C7H8O.CH3Br/c1-8-7-5-3-2-4-6-7;1-2/h2-6H,1H3;1H3. The Morgan fingerprint density at radius 2 is 1.60 bits per heavy atom. The Bertz CT molecular complexity index is 151. The second-order valence-corrected chi connectivity index (χ2v) is 1.52. The molecule has 2 heteroatoms. The molecule has 1 rings (SSSR count). The molecule has 1 aromatic rings. The highest BCUT2D eigenvalue weighted by Crippen LogP contribution is 2.05. The van der Waals surface area contributed by atoms with Crippen LogP contribution in [0.15, 0.2) is 30.3 Å². The van der Waals surface area contributed by atoms with Crippen molar-refractivity contribution in [2.24, 2.45) is 0 Å². The van der Waals surface area contributed by atoms with E-state index in [2.05, 4.69) is 15.9 Å². The summed E-state index contributed by atoms with van der Waals surface area (Å²) in [5, 5.41) is 0. The first-order valence-electron chi connectivity index (χ1n) is 2.90. The van der Waals surface area contributed by atoms with E-state index in [4.69, 9.17) is 4.74 Å². The molecule has 0 amide bonds. The van der Waals surface area contributed by atoms with Crippen molar-refractivity contribution in [3.63, 3.8) is 0 Å². The van der Waals surface area contributed by atoms with Gasteiger partial charge < -0.3 is 4.74 Å². The van der Waals surface area contributed by atoms with Gasteiger partial charge in [-0.3, -0.25) is 0 Å². The Labute approximate surface area is 70.1 Å². The van der Waals surface area contributed by atoms with Crippen molar-refractivity contribution in [2.75, 3.05) is 12.9 Å². The fraction of sp³-hybridized carbons (Fsp3) is 0.250. The lowest BCUT2D eigenvalue weighted by Crippen LogP contribution is -1.78. The molecule has 0 bridgehead atoms. The van der Waals surface area contributed by atoms with Crippen LogP contribution in [-0.4, -0.2) is 12.9 Å². The van der Waals surface area contributed by atoms with Crippen LogP contribution in [0.4, 0.5) is 0 Å².